The lowest BCUT2D eigenvalue weighted by Gasteiger charge is -2.15. The van der Waals surface area contributed by atoms with Gasteiger partial charge in [0.25, 0.3) is 5.91 Å². The zero-order valence-corrected chi connectivity index (χ0v) is 20.7. The van der Waals surface area contributed by atoms with Crippen molar-refractivity contribution in [2.75, 3.05) is 33.8 Å². The number of Topliss-reactive ketones (excluding diaryl/α,β-unsaturated/α-hetero) is 1. The second-order valence-electron chi connectivity index (χ2n) is 7.94. The summed E-state index contributed by atoms with van der Waals surface area (Å²) < 4.78 is 21.8. The Morgan fingerprint density at radius 1 is 0.806 bits per heavy atom. The number of rotatable bonds is 8. The maximum Gasteiger partial charge on any atom is 0.256 e. The quantitative estimate of drug-likeness (QED) is 0.334. The first kappa shape index (κ1) is 24.5. The van der Waals surface area contributed by atoms with E-state index < -0.39 is 0 Å². The van der Waals surface area contributed by atoms with Crippen molar-refractivity contribution in [1.82, 2.24) is 4.98 Å². The van der Waals surface area contributed by atoms with Crippen LogP contribution in [0.4, 0.5) is 5.69 Å². The third kappa shape index (κ3) is 4.79. The molecule has 0 spiro atoms. The lowest BCUT2D eigenvalue weighted by molar-refractivity contribution is 0.101. The molecule has 1 aromatic heterocycles. The first-order valence-corrected chi connectivity index (χ1v) is 11.1. The molecule has 8 nitrogen and oxygen atoms in total. The van der Waals surface area contributed by atoms with E-state index in [2.05, 4.69) is 5.32 Å². The van der Waals surface area contributed by atoms with Crippen molar-refractivity contribution in [3.05, 3.63) is 71.8 Å². The predicted molar refractivity (Wildman–Crippen MR) is 138 cm³/mol. The molecular formula is C28H26N2O6. The molecular weight excluding hydrogens is 460 g/mol. The van der Waals surface area contributed by atoms with Crippen LogP contribution in [0.2, 0.25) is 0 Å². The van der Waals surface area contributed by atoms with E-state index in [1.807, 2.05) is 0 Å². The molecule has 0 radical (unpaired) electrons. The monoisotopic (exact) mass is 486 g/mol. The van der Waals surface area contributed by atoms with Crippen molar-refractivity contribution < 1.29 is 28.5 Å². The molecule has 0 aliphatic rings. The van der Waals surface area contributed by atoms with Crippen molar-refractivity contribution in [1.29, 1.82) is 0 Å². The van der Waals surface area contributed by atoms with E-state index >= 15 is 0 Å². The van der Waals surface area contributed by atoms with E-state index in [0.717, 1.165) is 0 Å². The van der Waals surface area contributed by atoms with Gasteiger partial charge >= 0.3 is 0 Å². The average Bonchev–Trinajstić information content (AvgIpc) is 2.91. The van der Waals surface area contributed by atoms with E-state index in [9.17, 15) is 9.59 Å². The minimum absolute atomic E-state index is 0.0881. The number of ether oxygens (including phenoxy) is 4. The van der Waals surface area contributed by atoms with Gasteiger partial charge in [-0.1, -0.05) is 12.1 Å². The number of fused-ring (bicyclic) bond motifs is 1. The van der Waals surface area contributed by atoms with E-state index in [-0.39, 0.29) is 11.7 Å². The number of carbonyl (C=O) groups excluding carboxylic acids is 2. The van der Waals surface area contributed by atoms with Crippen molar-refractivity contribution in [3.8, 4) is 34.3 Å². The zero-order chi connectivity index (χ0) is 25.8. The summed E-state index contributed by atoms with van der Waals surface area (Å²) >= 11 is 0. The predicted octanol–water partition coefficient (Wildman–Crippen LogP) is 5.39. The Hall–Kier alpha value is -4.59. The Morgan fingerprint density at radius 3 is 2.14 bits per heavy atom. The molecule has 0 unspecified atom stereocenters. The van der Waals surface area contributed by atoms with Gasteiger partial charge in [0.1, 0.15) is 5.75 Å². The molecule has 0 aliphatic carbocycles. The van der Waals surface area contributed by atoms with Gasteiger partial charge < -0.3 is 24.3 Å². The number of methoxy groups -OCH3 is 4. The fraction of sp³-hybridized carbons (Fsp3) is 0.179. The lowest BCUT2D eigenvalue weighted by Crippen LogP contribution is -2.13. The van der Waals surface area contributed by atoms with Gasteiger partial charge in [-0.3, -0.25) is 9.59 Å². The smallest absolute Gasteiger partial charge is 0.256 e. The zero-order valence-electron chi connectivity index (χ0n) is 20.7. The van der Waals surface area contributed by atoms with Crippen LogP contribution in [0.5, 0.6) is 23.0 Å². The number of hydrogen-bond acceptors (Lipinski definition) is 7. The van der Waals surface area contributed by atoms with Crippen LogP contribution >= 0.6 is 0 Å². The van der Waals surface area contributed by atoms with Gasteiger partial charge in [-0.2, -0.15) is 0 Å². The second kappa shape index (κ2) is 10.4. The Bertz CT molecular complexity index is 1440. The third-order valence-electron chi connectivity index (χ3n) is 5.75. The molecule has 0 atom stereocenters. The molecule has 8 heteroatoms. The number of hydrogen-bond donors (Lipinski definition) is 1. The highest BCUT2D eigenvalue weighted by atomic mass is 16.5. The number of aromatic nitrogens is 1. The number of nitrogens with one attached hydrogen (secondary N) is 1. The second-order valence-corrected chi connectivity index (χ2v) is 7.94. The number of amides is 1. The van der Waals surface area contributed by atoms with Crippen molar-refractivity contribution >= 4 is 28.3 Å². The third-order valence-corrected chi connectivity index (χ3v) is 5.75. The molecule has 0 aliphatic heterocycles. The molecule has 36 heavy (non-hydrogen) atoms. The molecule has 1 N–H and O–H groups in total. The molecule has 0 bridgehead atoms. The fourth-order valence-electron chi connectivity index (χ4n) is 3.91. The fourth-order valence-corrected chi connectivity index (χ4v) is 3.91. The van der Waals surface area contributed by atoms with Crippen LogP contribution in [0.25, 0.3) is 22.2 Å². The maximum absolute atomic E-state index is 13.5. The standard InChI is InChI=1S/C28H26N2O6/c1-16(31)17-7-6-8-19(11-17)29-28(32)22-15-24(30-23-10-9-20(33-2)14-21(22)23)18-12-25(34-3)27(36-5)26(13-18)35-4/h6-15H,1-5H3,(H,29,32). The van der Waals surface area contributed by atoms with Crippen molar-refractivity contribution in [2.45, 2.75) is 6.92 Å². The summed E-state index contributed by atoms with van der Waals surface area (Å²) in [6, 6.07) is 17.4. The van der Waals surface area contributed by atoms with E-state index in [1.54, 1.807) is 67.8 Å². The van der Waals surface area contributed by atoms with Gasteiger partial charge in [0.15, 0.2) is 17.3 Å². The largest absolute Gasteiger partial charge is 0.497 e. The normalized spacial score (nSPS) is 10.6. The lowest BCUT2D eigenvalue weighted by atomic mass is 10.0. The van der Waals surface area contributed by atoms with Crippen LogP contribution in [0, 0.1) is 0 Å². The molecule has 1 amide bonds. The van der Waals surface area contributed by atoms with E-state index in [4.69, 9.17) is 23.9 Å². The Balaban J connectivity index is 1.87. The summed E-state index contributed by atoms with van der Waals surface area (Å²) in [6.07, 6.45) is 0. The summed E-state index contributed by atoms with van der Waals surface area (Å²) in [6.45, 7) is 1.48. The number of benzene rings is 3. The molecule has 4 rings (SSSR count). The summed E-state index contributed by atoms with van der Waals surface area (Å²) in [5.41, 5.74) is 3.21. The van der Waals surface area contributed by atoms with Gasteiger partial charge in [-0.15, -0.1) is 0 Å². The van der Waals surface area contributed by atoms with Gasteiger partial charge in [0.2, 0.25) is 5.75 Å². The van der Waals surface area contributed by atoms with Gasteiger partial charge in [0.05, 0.1) is 45.2 Å². The van der Waals surface area contributed by atoms with Gasteiger partial charge in [-0.25, -0.2) is 4.98 Å². The Kier molecular flexibility index (Phi) is 7.05. The molecule has 0 fully saturated rings. The van der Waals surface area contributed by atoms with Crippen LogP contribution < -0.4 is 24.3 Å². The number of anilines is 1. The molecule has 0 saturated heterocycles. The number of pyridine rings is 1. The highest BCUT2D eigenvalue weighted by Crippen LogP contribution is 2.41. The van der Waals surface area contributed by atoms with Gasteiger partial charge in [0, 0.05) is 22.2 Å². The SMILES string of the molecule is COc1ccc2nc(-c3cc(OC)c(OC)c(OC)c3)cc(C(=O)Nc3cccc(C(C)=O)c3)c2c1. The van der Waals surface area contributed by atoms with Crippen LogP contribution in [-0.2, 0) is 0 Å². The average molecular weight is 487 g/mol. The van der Waals surface area contributed by atoms with E-state index in [0.29, 0.717) is 62.0 Å². The molecule has 4 aromatic rings. The topological polar surface area (TPSA) is 96.0 Å². The number of ketones is 1. The highest BCUT2D eigenvalue weighted by molar-refractivity contribution is 6.13. The van der Waals surface area contributed by atoms with Crippen molar-refractivity contribution in [3.63, 3.8) is 0 Å². The minimum Gasteiger partial charge on any atom is -0.497 e. The first-order chi connectivity index (χ1) is 17.4. The first-order valence-electron chi connectivity index (χ1n) is 11.1. The van der Waals surface area contributed by atoms with E-state index in [1.165, 1.54) is 28.3 Å². The van der Waals surface area contributed by atoms with Gasteiger partial charge in [-0.05, 0) is 55.5 Å². The van der Waals surface area contributed by atoms with Crippen molar-refractivity contribution in [2.24, 2.45) is 0 Å². The minimum atomic E-state index is -0.356. The summed E-state index contributed by atoms with van der Waals surface area (Å²) in [7, 11) is 6.17. The molecule has 184 valence electrons. The van der Waals surface area contributed by atoms with Crippen LogP contribution in [0.1, 0.15) is 27.6 Å². The van der Waals surface area contributed by atoms with Crippen LogP contribution in [0.3, 0.4) is 0 Å². The number of carbonyl (C=O) groups is 2. The van der Waals surface area contributed by atoms with Crippen LogP contribution in [-0.4, -0.2) is 45.1 Å². The molecule has 0 saturated carbocycles. The highest BCUT2D eigenvalue weighted by Gasteiger charge is 2.19. The van der Waals surface area contributed by atoms with Crippen LogP contribution in [0.15, 0.2) is 60.7 Å². The summed E-state index contributed by atoms with van der Waals surface area (Å²) in [5, 5.41) is 3.51. The molecule has 1 heterocycles. The maximum atomic E-state index is 13.5. The Labute approximate surface area is 208 Å². The number of nitrogens with zero attached hydrogens (tertiary/aromatic N) is 1. The molecule has 3 aromatic carbocycles. The summed E-state index contributed by atoms with van der Waals surface area (Å²) in [5.74, 6) is 1.54. The summed E-state index contributed by atoms with van der Waals surface area (Å²) in [4.78, 5) is 30.1. The Morgan fingerprint density at radius 2 is 1.53 bits per heavy atom.